The summed E-state index contributed by atoms with van der Waals surface area (Å²) in [5, 5.41) is 8.71. The van der Waals surface area contributed by atoms with Crippen molar-refractivity contribution in [3.63, 3.8) is 0 Å². The smallest absolute Gasteiger partial charge is 0.188 e. The Labute approximate surface area is 89.7 Å². The van der Waals surface area contributed by atoms with Gasteiger partial charge in [0.05, 0.1) is 6.10 Å². The minimum atomic E-state index is -0.455. The number of carbonyl (C=O) groups excluding carboxylic acids is 1. The lowest BCUT2D eigenvalue weighted by Gasteiger charge is -2.12. The average molecular weight is 208 g/mol. The average Bonchev–Trinajstić information content (AvgIpc) is 2.19. The van der Waals surface area contributed by atoms with Crippen LogP contribution >= 0.6 is 0 Å². The predicted octanol–water partition coefficient (Wildman–Crippen LogP) is 1.96. The summed E-state index contributed by atoms with van der Waals surface area (Å²) in [6, 6.07) is 5.16. The van der Waals surface area contributed by atoms with Crippen LogP contribution in [0.15, 0.2) is 18.2 Å². The van der Waals surface area contributed by atoms with Gasteiger partial charge in [-0.25, -0.2) is 0 Å². The van der Waals surface area contributed by atoms with Crippen LogP contribution in [0.3, 0.4) is 0 Å². The number of Topliss-reactive ketones (excluding diaryl/α,β-unsaturated/α-hetero) is 1. The molecule has 0 bridgehead atoms. The number of carbonyl (C=O) groups is 1. The molecule has 0 atom stereocenters. The molecule has 0 amide bonds. The van der Waals surface area contributed by atoms with Crippen molar-refractivity contribution in [3.05, 3.63) is 29.3 Å². The van der Waals surface area contributed by atoms with Gasteiger partial charge in [-0.05, 0) is 44.5 Å². The molecule has 0 spiro atoms. The van der Waals surface area contributed by atoms with E-state index in [0.717, 1.165) is 11.3 Å². The Morgan fingerprint density at radius 1 is 1.47 bits per heavy atom. The number of aryl methyl sites for hydroxylation is 1. The predicted molar refractivity (Wildman–Crippen MR) is 58.4 cm³/mol. The van der Waals surface area contributed by atoms with Gasteiger partial charge in [0.15, 0.2) is 5.78 Å². The lowest BCUT2D eigenvalue weighted by Crippen LogP contribution is -2.08. The quantitative estimate of drug-likeness (QED) is 0.769. The highest BCUT2D eigenvalue weighted by atomic mass is 16.5. The summed E-state index contributed by atoms with van der Waals surface area (Å²) in [5.41, 5.74) is 1.43. The molecule has 0 aliphatic rings. The summed E-state index contributed by atoms with van der Waals surface area (Å²) in [4.78, 5) is 11.2. The van der Waals surface area contributed by atoms with Crippen molar-refractivity contribution in [2.24, 2.45) is 0 Å². The number of rotatable bonds is 4. The van der Waals surface area contributed by atoms with Crippen LogP contribution in [0.4, 0.5) is 0 Å². The topological polar surface area (TPSA) is 46.5 Å². The summed E-state index contributed by atoms with van der Waals surface area (Å²) < 4.78 is 5.54. The maximum atomic E-state index is 11.2. The lowest BCUT2D eigenvalue weighted by molar-refractivity contribution is 0.0903. The van der Waals surface area contributed by atoms with Gasteiger partial charge in [0, 0.05) is 5.56 Å². The van der Waals surface area contributed by atoms with E-state index in [1.54, 1.807) is 18.2 Å². The van der Waals surface area contributed by atoms with Crippen LogP contribution in [-0.4, -0.2) is 23.6 Å². The van der Waals surface area contributed by atoms with E-state index in [1.165, 1.54) is 0 Å². The first kappa shape index (κ1) is 11.7. The van der Waals surface area contributed by atoms with Crippen LogP contribution in [0.25, 0.3) is 0 Å². The summed E-state index contributed by atoms with van der Waals surface area (Å²) >= 11 is 0. The minimum absolute atomic E-state index is 0.114. The highest BCUT2D eigenvalue weighted by molar-refractivity contribution is 5.97. The van der Waals surface area contributed by atoms with Gasteiger partial charge in [-0.2, -0.15) is 0 Å². The van der Waals surface area contributed by atoms with Crippen LogP contribution in [0.5, 0.6) is 5.75 Å². The maximum Gasteiger partial charge on any atom is 0.188 e. The Hall–Kier alpha value is -1.35. The Morgan fingerprint density at radius 3 is 2.60 bits per heavy atom. The molecule has 0 aromatic heterocycles. The third-order valence-corrected chi connectivity index (χ3v) is 2.00. The largest absolute Gasteiger partial charge is 0.491 e. The normalized spacial score (nSPS) is 10.5. The molecule has 1 aromatic carbocycles. The van der Waals surface area contributed by atoms with Gasteiger partial charge in [0.1, 0.15) is 12.4 Å². The zero-order chi connectivity index (χ0) is 11.4. The summed E-state index contributed by atoms with van der Waals surface area (Å²) in [7, 11) is 0. The van der Waals surface area contributed by atoms with E-state index in [9.17, 15) is 4.79 Å². The molecule has 0 unspecified atom stereocenters. The second-order valence-electron chi connectivity index (χ2n) is 3.73. The molecule has 0 heterocycles. The van der Waals surface area contributed by atoms with E-state index in [-0.39, 0.29) is 11.9 Å². The van der Waals surface area contributed by atoms with Crippen molar-refractivity contribution >= 4 is 5.78 Å². The lowest BCUT2D eigenvalue weighted by atomic mass is 10.1. The summed E-state index contributed by atoms with van der Waals surface area (Å²) in [6.45, 7) is 5.33. The Kier molecular flexibility index (Phi) is 3.86. The van der Waals surface area contributed by atoms with E-state index >= 15 is 0 Å². The van der Waals surface area contributed by atoms with Crippen LogP contribution < -0.4 is 4.74 Å². The van der Waals surface area contributed by atoms with E-state index in [1.807, 2.05) is 20.8 Å². The van der Waals surface area contributed by atoms with E-state index < -0.39 is 6.61 Å². The molecule has 0 saturated heterocycles. The van der Waals surface area contributed by atoms with Crippen LogP contribution in [0.1, 0.15) is 29.8 Å². The number of ketones is 1. The Balaban J connectivity index is 2.93. The zero-order valence-corrected chi connectivity index (χ0v) is 9.28. The van der Waals surface area contributed by atoms with E-state index in [2.05, 4.69) is 0 Å². The van der Waals surface area contributed by atoms with Crippen molar-refractivity contribution in [1.29, 1.82) is 0 Å². The molecule has 82 valence electrons. The zero-order valence-electron chi connectivity index (χ0n) is 9.28. The van der Waals surface area contributed by atoms with Crippen molar-refractivity contribution < 1.29 is 14.6 Å². The van der Waals surface area contributed by atoms with E-state index in [0.29, 0.717) is 5.56 Å². The first-order valence-corrected chi connectivity index (χ1v) is 4.96. The molecule has 15 heavy (non-hydrogen) atoms. The second-order valence-corrected chi connectivity index (χ2v) is 3.73. The van der Waals surface area contributed by atoms with Gasteiger partial charge in [0.2, 0.25) is 0 Å². The number of benzene rings is 1. The van der Waals surface area contributed by atoms with Gasteiger partial charge in [-0.3, -0.25) is 4.79 Å². The van der Waals surface area contributed by atoms with Crippen molar-refractivity contribution in [2.45, 2.75) is 26.9 Å². The van der Waals surface area contributed by atoms with Gasteiger partial charge in [-0.15, -0.1) is 0 Å². The van der Waals surface area contributed by atoms with E-state index in [4.69, 9.17) is 9.84 Å². The van der Waals surface area contributed by atoms with Crippen molar-refractivity contribution in [1.82, 2.24) is 0 Å². The SMILES string of the molecule is Cc1cc(C(=O)CO)ccc1OC(C)C. The molecule has 1 N–H and O–H groups in total. The van der Waals surface area contributed by atoms with Gasteiger partial charge >= 0.3 is 0 Å². The molecule has 1 aromatic rings. The highest BCUT2D eigenvalue weighted by Crippen LogP contribution is 2.20. The minimum Gasteiger partial charge on any atom is -0.491 e. The molecular weight excluding hydrogens is 192 g/mol. The number of aliphatic hydroxyl groups excluding tert-OH is 1. The van der Waals surface area contributed by atoms with Crippen LogP contribution in [0.2, 0.25) is 0 Å². The third-order valence-electron chi connectivity index (χ3n) is 2.00. The highest BCUT2D eigenvalue weighted by Gasteiger charge is 2.07. The monoisotopic (exact) mass is 208 g/mol. The Morgan fingerprint density at radius 2 is 2.13 bits per heavy atom. The molecule has 3 heteroatoms. The summed E-state index contributed by atoms with van der Waals surface area (Å²) in [5.74, 6) is 0.508. The fourth-order valence-electron chi connectivity index (χ4n) is 1.30. The Bertz CT molecular complexity index is 356. The number of hydrogen-bond donors (Lipinski definition) is 1. The molecule has 1 rings (SSSR count). The number of ether oxygens (including phenoxy) is 1. The molecule has 0 radical (unpaired) electrons. The van der Waals surface area contributed by atoms with Gasteiger partial charge in [0.25, 0.3) is 0 Å². The van der Waals surface area contributed by atoms with Gasteiger partial charge < -0.3 is 9.84 Å². The molecule has 0 aliphatic heterocycles. The van der Waals surface area contributed by atoms with Crippen molar-refractivity contribution in [2.75, 3.05) is 6.61 Å². The molecular formula is C12H16O3. The fourth-order valence-corrected chi connectivity index (χ4v) is 1.30. The van der Waals surface area contributed by atoms with Crippen LogP contribution in [0, 0.1) is 6.92 Å². The first-order chi connectivity index (χ1) is 7.04. The summed E-state index contributed by atoms with van der Waals surface area (Å²) in [6.07, 6.45) is 0.114. The fraction of sp³-hybridized carbons (Fsp3) is 0.417. The molecule has 0 fully saturated rings. The molecule has 3 nitrogen and oxygen atoms in total. The molecule has 0 saturated carbocycles. The standard InChI is InChI=1S/C12H16O3/c1-8(2)15-12-5-4-10(6-9(12)3)11(14)7-13/h4-6,8,13H,7H2,1-3H3. The third kappa shape index (κ3) is 3.06. The van der Waals surface area contributed by atoms with Crippen molar-refractivity contribution in [3.8, 4) is 5.75 Å². The molecule has 0 aliphatic carbocycles. The maximum absolute atomic E-state index is 11.2. The number of aliphatic hydroxyl groups is 1. The van der Waals surface area contributed by atoms with Gasteiger partial charge in [-0.1, -0.05) is 0 Å². The second kappa shape index (κ2) is 4.94. The number of hydrogen-bond acceptors (Lipinski definition) is 3. The first-order valence-electron chi connectivity index (χ1n) is 4.96. The van der Waals surface area contributed by atoms with Crippen LogP contribution in [-0.2, 0) is 0 Å².